The first-order valence-corrected chi connectivity index (χ1v) is 8.68. The molecule has 2 aromatic heterocycles. The number of nitrogens with zero attached hydrogens (tertiary/aromatic N) is 4. The normalized spacial score (nSPS) is 11.5. The Hall–Kier alpha value is -2.79. The number of benzene rings is 2. The van der Waals surface area contributed by atoms with Crippen LogP contribution in [0.3, 0.4) is 0 Å². The van der Waals surface area contributed by atoms with E-state index in [4.69, 9.17) is 0 Å². The number of aryl methyl sites for hydroxylation is 2. The quantitative estimate of drug-likeness (QED) is 0.551. The van der Waals surface area contributed by atoms with E-state index in [0.29, 0.717) is 0 Å². The first-order chi connectivity index (χ1) is 11.9. The molecule has 0 bridgehead atoms. The lowest BCUT2D eigenvalue weighted by atomic mass is 10.1. The number of hydrogen-bond donors (Lipinski definition) is 0. The first kappa shape index (κ1) is 14.8. The molecule has 0 spiro atoms. The topological polar surface area (TPSA) is 43.1 Å². The summed E-state index contributed by atoms with van der Waals surface area (Å²) in [5.41, 5.74) is 2.46. The summed E-state index contributed by atoms with van der Waals surface area (Å²) in [6.45, 7) is 0. The average Bonchev–Trinajstić information content (AvgIpc) is 3.20. The molecule has 24 heavy (non-hydrogen) atoms. The van der Waals surface area contributed by atoms with Crippen molar-refractivity contribution in [2.24, 2.45) is 0 Å². The predicted octanol–water partition coefficient (Wildman–Crippen LogP) is 4.14. The molecule has 0 aliphatic carbocycles. The number of rotatable bonds is 5. The van der Waals surface area contributed by atoms with Gasteiger partial charge in [-0.3, -0.25) is 0 Å². The number of fused-ring (bicyclic) bond motifs is 1. The fraction of sp³-hybridized carbons (Fsp3) is 0.105. The van der Waals surface area contributed by atoms with Gasteiger partial charge in [-0.05, 0) is 23.6 Å². The van der Waals surface area contributed by atoms with Crippen molar-refractivity contribution in [3.05, 3.63) is 82.6 Å². The van der Waals surface area contributed by atoms with Gasteiger partial charge in [-0.15, -0.1) is 10.2 Å². The Balaban J connectivity index is 1.52. The molecule has 2 aromatic carbocycles. The maximum absolute atomic E-state index is 4.62. The minimum Gasteiger partial charge on any atom is -0.187 e. The van der Waals surface area contributed by atoms with Crippen molar-refractivity contribution < 1.29 is 0 Å². The molecule has 0 amide bonds. The zero-order valence-electron chi connectivity index (χ0n) is 13.0. The van der Waals surface area contributed by atoms with Crippen molar-refractivity contribution >= 4 is 28.4 Å². The van der Waals surface area contributed by atoms with Crippen LogP contribution in [-0.2, 0) is 12.8 Å². The Morgan fingerprint density at radius 3 is 2.38 bits per heavy atom. The second-order valence-corrected chi connectivity index (χ2v) is 6.47. The van der Waals surface area contributed by atoms with Crippen LogP contribution in [0.5, 0.6) is 0 Å². The van der Waals surface area contributed by atoms with E-state index in [1.165, 1.54) is 5.56 Å². The molecule has 4 nitrogen and oxygen atoms in total. The summed E-state index contributed by atoms with van der Waals surface area (Å²) in [6, 6.07) is 20.6. The van der Waals surface area contributed by atoms with E-state index in [2.05, 4.69) is 57.8 Å². The average molecular weight is 332 g/mol. The van der Waals surface area contributed by atoms with Crippen molar-refractivity contribution in [1.82, 2.24) is 19.8 Å². The Labute approximate surface area is 144 Å². The molecule has 118 valence electrons. The van der Waals surface area contributed by atoms with Crippen molar-refractivity contribution in [1.29, 1.82) is 0 Å². The van der Waals surface area contributed by atoms with Crippen molar-refractivity contribution in [2.75, 3.05) is 0 Å². The van der Waals surface area contributed by atoms with Gasteiger partial charge in [0.15, 0.2) is 5.82 Å². The van der Waals surface area contributed by atoms with Gasteiger partial charge in [0.25, 0.3) is 0 Å². The Morgan fingerprint density at radius 1 is 0.833 bits per heavy atom. The molecule has 2 heterocycles. The minimum absolute atomic E-state index is 0.830. The summed E-state index contributed by atoms with van der Waals surface area (Å²) in [4.78, 5) is 0.839. The SMILES string of the molecule is C(=Cc1nn2c(CCc3ccccc3)nnc2s1)c1ccccc1. The molecule has 0 fully saturated rings. The molecule has 4 aromatic rings. The van der Waals surface area contributed by atoms with E-state index < -0.39 is 0 Å². The third-order valence-electron chi connectivity index (χ3n) is 3.77. The molecule has 0 radical (unpaired) electrons. The van der Waals surface area contributed by atoms with Gasteiger partial charge >= 0.3 is 0 Å². The zero-order chi connectivity index (χ0) is 16.2. The highest BCUT2D eigenvalue weighted by Crippen LogP contribution is 2.17. The Bertz CT molecular complexity index is 955. The largest absolute Gasteiger partial charge is 0.234 e. The summed E-state index contributed by atoms with van der Waals surface area (Å²) in [6.07, 6.45) is 5.86. The van der Waals surface area contributed by atoms with Gasteiger partial charge in [0.2, 0.25) is 4.96 Å². The van der Waals surface area contributed by atoms with Gasteiger partial charge in [0.1, 0.15) is 5.01 Å². The molecular weight excluding hydrogens is 316 g/mol. The fourth-order valence-electron chi connectivity index (χ4n) is 2.53. The van der Waals surface area contributed by atoms with Gasteiger partial charge in [-0.25, -0.2) is 0 Å². The highest BCUT2D eigenvalue weighted by molar-refractivity contribution is 7.17. The summed E-state index contributed by atoms with van der Waals surface area (Å²) in [5, 5.41) is 14.1. The molecule has 0 aliphatic heterocycles. The predicted molar refractivity (Wildman–Crippen MR) is 97.9 cm³/mol. The van der Waals surface area contributed by atoms with Gasteiger partial charge in [-0.1, -0.05) is 78.1 Å². The maximum atomic E-state index is 4.62. The lowest BCUT2D eigenvalue weighted by molar-refractivity contribution is 0.790. The van der Waals surface area contributed by atoms with Crippen LogP contribution in [0.4, 0.5) is 0 Å². The molecule has 4 rings (SSSR count). The van der Waals surface area contributed by atoms with E-state index in [9.17, 15) is 0 Å². The van der Waals surface area contributed by atoms with Crippen molar-refractivity contribution in [3.8, 4) is 0 Å². The van der Waals surface area contributed by atoms with Gasteiger partial charge in [0, 0.05) is 6.42 Å². The smallest absolute Gasteiger partial charge is 0.187 e. The number of aromatic nitrogens is 4. The number of hydrogen-bond acceptors (Lipinski definition) is 4. The summed E-state index contributed by atoms with van der Waals surface area (Å²) in [7, 11) is 0. The molecule has 5 heteroatoms. The van der Waals surface area contributed by atoms with Gasteiger partial charge in [0.05, 0.1) is 0 Å². The molecule has 0 aliphatic rings. The van der Waals surface area contributed by atoms with Gasteiger partial charge < -0.3 is 0 Å². The lowest BCUT2D eigenvalue weighted by Gasteiger charge is -1.98. The van der Waals surface area contributed by atoms with Crippen LogP contribution in [0.1, 0.15) is 22.0 Å². The van der Waals surface area contributed by atoms with Crippen LogP contribution in [0.2, 0.25) is 0 Å². The van der Waals surface area contributed by atoms with E-state index >= 15 is 0 Å². The van der Waals surface area contributed by atoms with Crippen molar-refractivity contribution in [2.45, 2.75) is 12.8 Å². The third-order valence-corrected chi connectivity index (χ3v) is 4.63. The van der Waals surface area contributed by atoms with E-state index in [1.807, 2.05) is 34.9 Å². The summed E-state index contributed by atoms with van der Waals surface area (Å²) in [5.74, 6) is 0.907. The highest BCUT2D eigenvalue weighted by Gasteiger charge is 2.10. The Morgan fingerprint density at radius 2 is 1.58 bits per heavy atom. The highest BCUT2D eigenvalue weighted by atomic mass is 32.1. The van der Waals surface area contributed by atoms with Gasteiger partial charge in [-0.2, -0.15) is 9.61 Å². The Kier molecular flexibility index (Phi) is 4.16. The summed E-state index contributed by atoms with van der Waals surface area (Å²) >= 11 is 1.55. The molecule has 0 atom stereocenters. The molecule has 0 saturated heterocycles. The molecular formula is C19H16N4S. The van der Waals surface area contributed by atoms with Crippen LogP contribution >= 0.6 is 11.3 Å². The zero-order valence-corrected chi connectivity index (χ0v) is 13.9. The van der Waals surface area contributed by atoms with Crippen LogP contribution in [0.25, 0.3) is 17.1 Å². The van der Waals surface area contributed by atoms with E-state index in [-0.39, 0.29) is 0 Å². The van der Waals surface area contributed by atoms with Crippen molar-refractivity contribution in [3.63, 3.8) is 0 Å². The third kappa shape index (κ3) is 3.26. The minimum atomic E-state index is 0.830. The standard InChI is InChI=1S/C19H16N4S/c1-3-7-15(8-4-1)11-13-17-20-21-19-23(17)22-18(24-19)14-12-16-9-5-2-6-10-16/h1-10,12,14H,11,13H2. The first-order valence-electron chi connectivity index (χ1n) is 7.87. The maximum Gasteiger partial charge on any atom is 0.234 e. The second kappa shape index (κ2) is 6.76. The molecule has 0 N–H and O–H groups in total. The van der Waals surface area contributed by atoms with Crippen LogP contribution in [-0.4, -0.2) is 19.8 Å². The molecule has 0 saturated carbocycles. The summed E-state index contributed by atoms with van der Waals surface area (Å²) < 4.78 is 1.86. The van der Waals surface area contributed by atoms with Crippen LogP contribution < -0.4 is 0 Å². The fourth-order valence-corrected chi connectivity index (χ4v) is 3.29. The van der Waals surface area contributed by atoms with E-state index in [0.717, 1.165) is 34.2 Å². The van der Waals surface area contributed by atoms with E-state index in [1.54, 1.807) is 11.3 Å². The molecule has 0 unspecified atom stereocenters. The van der Waals surface area contributed by atoms with Crippen LogP contribution in [0, 0.1) is 0 Å². The van der Waals surface area contributed by atoms with Crippen LogP contribution in [0.15, 0.2) is 60.7 Å². The lowest BCUT2D eigenvalue weighted by Crippen LogP contribution is -1.99. The second-order valence-electron chi connectivity index (χ2n) is 5.48. The monoisotopic (exact) mass is 332 g/mol.